The van der Waals surface area contributed by atoms with E-state index < -0.39 is 12.1 Å². The van der Waals surface area contributed by atoms with E-state index in [0.29, 0.717) is 6.42 Å². The zero-order valence-electron chi connectivity index (χ0n) is 27.2. The first-order valence-corrected chi connectivity index (χ1v) is 17.2. The van der Waals surface area contributed by atoms with Gasteiger partial charge in [-0.25, -0.2) is 0 Å². The lowest BCUT2D eigenvalue weighted by molar-refractivity contribution is -0.122. The van der Waals surface area contributed by atoms with Crippen molar-refractivity contribution in [1.29, 1.82) is 0 Å². The van der Waals surface area contributed by atoms with Crippen LogP contribution in [0.2, 0.25) is 0 Å². The summed E-state index contributed by atoms with van der Waals surface area (Å²) in [5.41, 5.74) is 0. The molecule has 0 rings (SSSR count). The van der Waals surface area contributed by atoms with Crippen molar-refractivity contribution in [3.8, 4) is 0 Å². The second-order valence-electron chi connectivity index (χ2n) is 11.3. The molecule has 240 valence electrons. The Morgan fingerprint density at radius 1 is 0.595 bits per heavy atom. The van der Waals surface area contributed by atoms with Gasteiger partial charge in [0.25, 0.3) is 0 Å². The molecule has 0 saturated carbocycles. The topological polar surface area (TPSA) is 69.6 Å². The smallest absolute Gasteiger partial charge is 0.220 e. The van der Waals surface area contributed by atoms with E-state index in [4.69, 9.17) is 0 Å². The van der Waals surface area contributed by atoms with Gasteiger partial charge in [0.2, 0.25) is 5.91 Å². The molecule has 0 aliphatic heterocycles. The number of aliphatic hydroxyl groups is 2. The van der Waals surface area contributed by atoms with Crippen LogP contribution in [0.5, 0.6) is 0 Å². The van der Waals surface area contributed by atoms with Gasteiger partial charge in [0.15, 0.2) is 0 Å². The lowest BCUT2D eigenvalue weighted by atomic mass is 10.1. The van der Waals surface area contributed by atoms with Crippen molar-refractivity contribution in [2.75, 3.05) is 6.61 Å². The van der Waals surface area contributed by atoms with E-state index in [-0.39, 0.29) is 12.5 Å². The molecule has 1 amide bonds. The third-order valence-corrected chi connectivity index (χ3v) is 7.22. The fourth-order valence-corrected chi connectivity index (χ4v) is 4.52. The second-order valence-corrected chi connectivity index (χ2v) is 11.3. The number of aliphatic hydroxyl groups excluding tert-OH is 2. The van der Waals surface area contributed by atoms with Crippen LogP contribution in [0, 0.1) is 0 Å². The summed E-state index contributed by atoms with van der Waals surface area (Å²) in [6, 6.07) is -0.683. The number of rotatable bonds is 29. The molecule has 4 nitrogen and oxygen atoms in total. The van der Waals surface area contributed by atoms with Crippen LogP contribution in [0.15, 0.2) is 72.9 Å². The highest BCUT2D eigenvalue weighted by Gasteiger charge is 2.17. The highest BCUT2D eigenvalue weighted by atomic mass is 16.3. The monoisotopic (exact) mass is 583 g/mol. The normalized spacial score (nSPS) is 14.1. The average Bonchev–Trinajstić information content (AvgIpc) is 2.99. The minimum atomic E-state index is -0.911. The van der Waals surface area contributed by atoms with Gasteiger partial charge in [-0.15, -0.1) is 0 Å². The molecular weight excluding hydrogens is 518 g/mol. The number of hydrogen-bond acceptors (Lipinski definition) is 3. The number of carbonyl (C=O) groups excluding carboxylic acids is 1. The van der Waals surface area contributed by atoms with Gasteiger partial charge in [-0.1, -0.05) is 151 Å². The molecule has 0 unspecified atom stereocenters. The van der Waals surface area contributed by atoms with E-state index in [1.807, 2.05) is 6.08 Å². The number of amides is 1. The Kier molecular flexibility index (Phi) is 31.6. The van der Waals surface area contributed by atoms with Gasteiger partial charge in [-0.2, -0.15) is 0 Å². The highest BCUT2D eigenvalue weighted by Crippen LogP contribution is 2.09. The molecule has 0 aromatic rings. The maximum Gasteiger partial charge on any atom is 0.220 e. The first-order valence-electron chi connectivity index (χ1n) is 17.2. The van der Waals surface area contributed by atoms with Crippen molar-refractivity contribution < 1.29 is 15.0 Å². The maximum absolute atomic E-state index is 12.2. The molecule has 0 radical (unpaired) electrons. The standard InChI is InChI=1S/C38H65NO3/c1-3-5-7-9-11-13-14-15-16-17-18-19-20-21-22-23-24-26-28-30-32-34-38(42)39-36(35-40)37(41)33-31-29-27-25-12-10-8-6-4-2/h16-17,19-20,22-23,26-29,31,33,36-37,40-41H,3-15,18,21,24-25,30,32,34-35H2,1-2H3,(H,39,42)/b17-16+,20-19+,23-22+,28-26+,29-27+,33-31+/t36-,37+/m0/s1. The number of unbranched alkanes of at least 4 members (excludes halogenated alkanes) is 13. The Balaban J connectivity index is 3.82. The summed E-state index contributed by atoms with van der Waals surface area (Å²) in [5.74, 6) is -0.142. The van der Waals surface area contributed by atoms with Crippen LogP contribution in [-0.4, -0.2) is 34.9 Å². The third-order valence-electron chi connectivity index (χ3n) is 7.22. The second kappa shape index (κ2) is 33.3. The van der Waals surface area contributed by atoms with Crippen LogP contribution in [0.4, 0.5) is 0 Å². The summed E-state index contributed by atoms with van der Waals surface area (Å²) in [5, 5.41) is 22.6. The van der Waals surface area contributed by atoms with E-state index in [0.717, 1.165) is 38.5 Å². The average molecular weight is 584 g/mol. The van der Waals surface area contributed by atoms with E-state index in [1.54, 1.807) is 12.2 Å². The number of nitrogens with one attached hydrogen (secondary N) is 1. The van der Waals surface area contributed by atoms with E-state index in [9.17, 15) is 15.0 Å². The van der Waals surface area contributed by atoms with Crippen LogP contribution in [0.25, 0.3) is 0 Å². The minimum absolute atomic E-state index is 0.142. The largest absolute Gasteiger partial charge is 0.394 e. The van der Waals surface area contributed by atoms with Crippen LogP contribution in [0.1, 0.15) is 142 Å². The molecular formula is C38H65NO3. The van der Waals surface area contributed by atoms with Gasteiger partial charge in [0, 0.05) is 6.42 Å². The van der Waals surface area contributed by atoms with E-state index in [1.165, 1.54) is 83.5 Å². The van der Waals surface area contributed by atoms with Gasteiger partial charge in [-0.3, -0.25) is 4.79 Å². The minimum Gasteiger partial charge on any atom is -0.394 e. The first-order chi connectivity index (χ1) is 20.7. The Morgan fingerprint density at radius 2 is 1.05 bits per heavy atom. The van der Waals surface area contributed by atoms with Crippen LogP contribution in [-0.2, 0) is 4.79 Å². The number of hydrogen-bond donors (Lipinski definition) is 3. The van der Waals surface area contributed by atoms with Crippen molar-refractivity contribution in [1.82, 2.24) is 5.32 Å². The Labute approximate surface area is 259 Å². The third kappa shape index (κ3) is 29.3. The number of carbonyl (C=O) groups is 1. The fourth-order valence-electron chi connectivity index (χ4n) is 4.52. The summed E-state index contributed by atoms with van der Waals surface area (Å²) in [6.07, 6.45) is 47.1. The Hall–Kier alpha value is -2.17. The van der Waals surface area contributed by atoms with Crippen LogP contribution in [0.3, 0.4) is 0 Å². The summed E-state index contributed by atoms with van der Waals surface area (Å²) in [7, 11) is 0. The molecule has 0 saturated heterocycles. The van der Waals surface area contributed by atoms with Crippen LogP contribution >= 0.6 is 0 Å². The molecule has 0 spiro atoms. The molecule has 4 heteroatoms. The van der Waals surface area contributed by atoms with Gasteiger partial charge in [-0.05, 0) is 57.8 Å². The zero-order valence-corrected chi connectivity index (χ0v) is 27.2. The van der Waals surface area contributed by atoms with Crippen molar-refractivity contribution in [3.05, 3.63) is 72.9 Å². The van der Waals surface area contributed by atoms with Gasteiger partial charge in [0.05, 0.1) is 18.8 Å². The quantitative estimate of drug-likeness (QED) is 0.0466. The first kappa shape index (κ1) is 39.8. The molecule has 0 aliphatic rings. The van der Waals surface area contributed by atoms with Gasteiger partial charge < -0.3 is 15.5 Å². The summed E-state index contributed by atoms with van der Waals surface area (Å²) in [4.78, 5) is 12.2. The van der Waals surface area contributed by atoms with Gasteiger partial charge >= 0.3 is 0 Å². The summed E-state index contributed by atoms with van der Waals surface area (Å²) >= 11 is 0. The molecule has 0 fully saturated rings. The van der Waals surface area contributed by atoms with Crippen molar-refractivity contribution in [3.63, 3.8) is 0 Å². The zero-order chi connectivity index (χ0) is 30.8. The Bertz CT molecular complexity index is 762. The Morgan fingerprint density at radius 3 is 1.57 bits per heavy atom. The molecule has 42 heavy (non-hydrogen) atoms. The van der Waals surface area contributed by atoms with Crippen molar-refractivity contribution in [2.24, 2.45) is 0 Å². The molecule has 0 bridgehead atoms. The number of allylic oxidation sites excluding steroid dienone is 11. The predicted molar refractivity (Wildman–Crippen MR) is 184 cm³/mol. The molecule has 0 aromatic carbocycles. The SMILES string of the molecule is CCCCCCC/C=C/C=C/[C@@H](O)[C@H](CO)NC(=O)CCC/C=C/C/C=C/C/C=C/C/C=C/CCCCCCCCC. The van der Waals surface area contributed by atoms with Gasteiger partial charge in [0.1, 0.15) is 0 Å². The van der Waals surface area contributed by atoms with Crippen molar-refractivity contribution in [2.45, 2.75) is 154 Å². The summed E-state index contributed by atoms with van der Waals surface area (Å²) < 4.78 is 0. The molecule has 0 aromatic heterocycles. The molecule has 3 N–H and O–H groups in total. The van der Waals surface area contributed by atoms with E-state index >= 15 is 0 Å². The lowest BCUT2D eigenvalue weighted by Crippen LogP contribution is -2.45. The predicted octanol–water partition coefficient (Wildman–Crippen LogP) is 10.0. The lowest BCUT2D eigenvalue weighted by Gasteiger charge is -2.19. The molecule has 0 aliphatic carbocycles. The fraction of sp³-hybridized carbons (Fsp3) is 0.658. The highest BCUT2D eigenvalue weighted by molar-refractivity contribution is 5.76. The molecule has 0 heterocycles. The van der Waals surface area contributed by atoms with E-state index in [2.05, 4.69) is 73.8 Å². The summed E-state index contributed by atoms with van der Waals surface area (Å²) in [6.45, 7) is 4.19. The van der Waals surface area contributed by atoms with Crippen molar-refractivity contribution >= 4 is 5.91 Å². The maximum atomic E-state index is 12.2. The molecule has 2 atom stereocenters. The van der Waals surface area contributed by atoms with Crippen LogP contribution < -0.4 is 5.32 Å².